The number of hydrogen-bond donors (Lipinski definition) is 1. The van der Waals surface area contributed by atoms with E-state index in [-0.39, 0.29) is 11.9 Å². The van der Waals surface area contributed by atoms with Crippen molar-refractivity contribution in [3.63, 3.8) is 0 Å². The Morgan fingerprint density at radius 2 is 2.06 bits per heavy atom. The van der Waals surface area contributed by atoms with Gasteiger partial charge >= 0.3 is 6.18 Å². The minimum Gasteiger partial charge on any atom is -0.354 e. The SMILES string of the molecule is CC(=O)c1cccc2cc(/C=C/C(F)(F)F)[nH]c12. The number of aromatic nitrogens is 1. The van der Waals surface area contributed by atoms with Gasteiger partial charge in [0, 0.05) is 22.7 Å². The molecule has 1 aromatic heterocycles. The quantitative estimate of drug-likeness (QED) is 0.808. The van der Waals surface area contributed by atoms with Gasteiger partial charge < -0.3 is 4.98 Å². The van der Waals surface area contributed by atoms with E-state index in [9.17, 15) is 18.0 Å². The minimum absolute atomic E-state index is 0.131. The predicted molar refractivity (Wildman–Crippen MR) is 63.4 cm³/mol. The van der Waals surface area contributed by atoms with E-state index in [1.54, 1.807) is 24.3 Å². The maximum atomic E-state index is 12.0. The van der Waals surface area contributed by atoms with Crippen LogP contribution in [0.2, 0.25) is 0 Å². The average Bonchev–Trinajstić information content (AvgIpc) is 2.67. The summed E-state index contributed by atoms with van der Waals surface area (Å²) in [5, 5.41) is 0.713. The van der Waals surface area contributed by atoms with Crippen molar-refractivity contribution in [2.24, 2.45) is 0 Å². The fraction of sp³-hybridized carbons (Fsp3) is 0.154. The highest BCUT2D eigenvalue weighted by Crippen LogP contribution is 2.23. The summed E-state index contributed by atoms with van der Waals surface area (Å²) in [6.07, 6.45) is -3.24. The largest absolute Gasteiger partial charge is 0.409 e. The summed E-state index contributed by atoms with van der Waals surface area (Å²) in [5.74, 6) is -0.131. The minimum atomic E-state index is -4.35. The highest BCUT2D eigenvalue weighted by molar-refractivity contribution is 6.06. The molecule has 0 atom stereocenters. The van der Waals surface area contributed by atoms with Crippen LogP contribution in [0, 0.1) is 0 Å². The van der Waals surface area contributed by atoms with Crippen LogP contribution in [0.1, 0.15) is 23.0 Å². The molecular formula is C13H10F3NO. The van der Waals surface area contributed by atoms with Crippen LogP contribution in [0.4, 0.5) is 13.2 Å². The predicted octanol–water partition coefficient (Wildman–Crippen LogP) is 3.95. The van der Waals surface area contributed by atoms with Gasteiger partial charge in [-0.05, 0) is 25.1 Å². The molecule has 2 nitrogen and oxygen atoms in total. The van der Waals surface area contributed by atoms with Crippen molar-refractivity contribution < 1.29 is 18.0 Å². The molecule has 0 saturated heterocycles. The van der Waals surface area contributed by atoms with Crippen LogP contribution in [-0.4, -0.2) is 16.9 Å². The molecule has 94 valence electrons. The lowest BCUT2D eigenvalue weighted by atomic mass is 10.1. The third-order valence-electron chi connectivity index (χ3n) is 2.51. The first kappa shape index (κ1) is 12.4. The van der Waals surface area contributed by atoms with Crippen LogP contribution in [0.5, 0.6) is 0 Å². The lowest BCUT2D eigenvalue weighted by Gasteiger charge is -1.97. The lowest BCUT2D eigenvalue weighted by Crippen LogP contribution is -2.00. The van der Waals surface area contributed by atoms with Crippen molar-refractivity contribution in [1.82, 2.24) is 4.98 Å². The molecule has 0 saturated carbocycles. The Balaban J connectivity index is 2.48. The summed E-state index contributed by atoms with van der Waals surface area (Å²) in [4.78, 5) is 14.2. The third kappa shape index (κ3) is 2.61. The maximum absolute atomic E-state index is 12.0. The molecule has 0 spiro atoms. The molecule has 0 bridgehead atoms. The fourth-order valence-corrected chi connectivity index (χ4v) is 1.75. The molecule has 1 N–H and O–H groups in total. The van der Waals surface area contributed by atoms with E-state index in [4.69, 9.17) is 0 Å². The van der Waals surface area contributed by atoms with E-state index in [1.165, 1.54) is 6.92 Å². The Kier molecular flexibility index (Phi) is 2.98. The summed E-state index contributed by atoms with van der Waals surface area (Å²) >= 11 is 0. The van der Waals surface area contributed by atoms with Crippen molar-refractivity contribution in [1.29, 1.82) is 0 Å². The Morgan fingerprint density at radius 3 is 2.67 bits per heavy atom. The third-order valence-corrected chi connectivity index (χ3v) is 2.51. The molecule has 1 aromatic carbocycles. The number of nitrogens with one attached hydrogen (secondary N) is 1. The molecule has 1 heterocycles. The smallest absolute Gasteiger partial charge is 0.354 e. The zero-order valence-electron chi connectivity index (χ0n) is 9.51. The first-order valence-corrected chi connectivity index (χ1v) is 5.25. The molecule has 5 heteroatoms. The number of carbonyl (C=O) groups excluding carboxylic acids is 1. The monoisotopic (exact) mass is 253 g/mol. The molecule has 0 unspecified atom stereocenters. The van der Waals surface area contributed by atoms with Crippen LogP contribution in [0.15, 0.2) is 30.3 Å². The molecule has 2 rings (SSSR count). The van der Waals surface area contributed by atoms with E-state index in [2.05, 4.69) is 4.98 Å². The lowest BCUT2D eigenvalue weighted by molar-refractivity contribution is -0.0790. The second-order valence-corrected chi connectivity index (χ2v) is 3.93. The Morgan fingerprint density at radius 1 is 1.33 bits per heavy atom. The summed E-state index contributed by atoms with van der Waals surface area (Å²) in [6, 6.07) is 6.65. The number of rotatable bonds is 2. The zero-order chi connectivity index (χ0) is 13.3. The number of H-pyrrole nitrogens is 1. The fourth-order valence-electron chi connectivity index (χ4n) is 1.75. The molecule has 0 amide bonds. The second kappa shape index (κ2) is 4.33. The van der Waals surface area contributed by atoms with Gasteiger partial charge in [0.1, 0.15) is 0 Å². The van der Waals surface area contributed by atoms with Gasteiger partial charge in [0.15, 0.2) is 5.78 Å². The van der Waals surface area contributed by atoms with Crippen LogP contribution in [0.3, 0.4) is 0 Å². The number of allylic oxidation sites excluding steroid dienone is 1. The van der Waals surface area contributed by atoms with E-state index < -0.39 is 6.18 Å². The molecular weight excluding hydrogens is 243 g/mol. The standard InChI is InChI=1S/C13H10F3NO/c1-8(18)11-4-2-3-9-7-10(17-12(9)11)5-6-13(14,15)16/h2-7,17H,1H3/b6-5+. The van der Waals surface area contributed by atoms with Gasteiger partial charge in [0.2, 0.25) is 0 Å². The topological polar surface area (TPSA) is 32.9 Å². The van der Waals surface area contributed by atoms with Gasteiger partial charge in [0.25, 0.3) is 0 Å². The summed E-state index contributed by atoms with van der Waals surface area (Å²) in [5.41, 5.74) is 1.35. The van der Waals surface area contributed by atoms with E-state index in [0.29, 0.717) is 22.2 Å². The first-order chi connectivity index (χ1) is 8.37. The number of ketones is 1. The summed E-state index contributed by atoms with van der Waals surface area (Å²) in [7, 11) is 0. The van der Waals surface area contributed by atoms with Crippen molar-refractivity contribution in [3.8, 4) is 0 Å². The van der Waals surface area contributed by atoms with E-state index >= 15 is 0 Å². The molecule has 0 fully saturated rings. The van der Waals surface area contributed by atoms with Crippen molar-refractivity contribution in [3.05, 3.63) is 41.6 Å². The number of Topliss-reactive ketones (excluding diaryl/α,β-unsaturated/α-hetero) is 1. The first-order valence-electron chi connectivity index (χ1n) is 5.25. The average molecular weight is 253 g/mol. The van der Waals surface area contributed by atoms with Crippen LogP contribution < -0.4 is 0 Å². The van der Waals surface area contributed by atoms with Crippen molar-refractivity contribution >= 4 is 22.8 Å². The zero-order valence-corrected chi connectivity index (χ0v) is 9.51. The number of hydrogen-bond acceptors (Lipinski definition) is 1. The molecule has 0 aliphatic heterocycles. The van der Waals surface area contributed by atoms with Gasteiger partial charge in [0.05, 0.1) is 5.52 Å². The second-order valence-electron chi connectivity index (χ2n) is 3.93. The normalized spacial score (nSPS) is 12.4. The van der Waals surface area contributed by atoms with Crippen LogP contribution >= 0.6 is 0 Å². The van der Waals surface area contributed by atoms with Gasteiger partial charge in [-0.1, -0.05) is 12.1 Å². The van der Waals surface area contributed by atoms with E-state index in [0.717, 1.165) is 6.08 Å². The van der Waals surface area contributed by atoms with Gasteiger partial charge in [-0.2, -0.15) is 13.2 Å². The number of halogens is 3. The number of para-hydroxylation sites is 1. The summed E-state index contributed by atoms with van der Waals surface area (Å²) < 4.78 is 36.1. The molecule has 0 aliphatic rings. The van der Waals surface area contributed by atoms with Gasteiger partial charge in [-0.25, -0.2) is 0 Å². The Hall–Kier alpha value is -2.04. The number of alkyl halides is 3. The Bertz CT molecular complexity index is 623. The molecule has 0 aliphatic carbocycles. The molecule has 18 heavy (non-hydrogen) atoms. The van der Waals surface area contributed by atoms with Crippen LogP contribution in [0.25, 0.3) is 17.0 Å². The number of carbonyl (C=O) groups is 1. The summed E-state index contributed by atoms with van der Waals surface area (Å²) in [6.45, 7) is 1.42. The van der Waals surface area contributed by atoms with Crippen molar-refractivity contribution in [2.75, 3.05) is 0 Å². The number of benzene rings is 1. The Labute approximate surface area is 101 Å². The van der Waals surface area contributed by atoms with Gasteiger partial charge in [-0.15, -0.1) is 0 Å². The molecule has 2 aromatic rings. The number of fused-ring (bicyclic) bond motifs is 1. The van der Waals surface area contributed by atoms with Crippen molar-refractivity contribution in [2.45, 2.75) is 13.1 Å². The molecule has 0 radical (unpaired) electrons. The van der Waals surface area contributed by atoms with Gasteiger partial charge in [-0.3, -0.25) is 4.79 Å². The van der Waals surface area contributed by atoms with E-state index in [1.807, 2.05) is 0 Å². The number of aromatic amines is 1. The highest BCUT2D eigenvalue weighted by Gasteiger charge is 2.22. The highest BCUT2D eigenvalue weighted by atomic mass is 19.4. The maximum Gasteiger partial charge on any atom is 0.409 e. The van der Waals surface area contributed by atoms with Crippen LogP contribution in [-0.2, 0) is 0 Å².